The van der Waals surface area contributed by atoms with E-state index in [9.17, 15) is 9.59 Å². The quantitative estimate of drug-likeness (QED) is 0.742. The minimum Gasteiger partial charge on any atom is -0.484 e. The molecule has 0 atom stereocenters. The van der Waals surface area contributed by atoms with Crippen LogP contribution in [0.25, 0.3) is 10.6 Å². The van der Waals surface area contributed by atoms with E-state index < -0.39 is 0 Å². The molecule has 2 heterocycles. The van der Waals surface area contributed by atoms with Crippen LogP contribution in [0.4, 0.5) is 0 Å². The van der Waals surface area contributed by atoms with Crippen LogP contribution in [0.3, 0.4) is 0 Å². The van der Waals surface area contributed by atoms with E-state index in [0.717, 1.165) is 42.2 Å². The van der Waals surface area contributed by atoms with Crippen molar-refractivity contribution in [2.75, 3.05) is 19.7 Å². The van der Waals surface area contributed by atoms with E-state index in [1.165, 1.54) is 24.2 Å². The summed E-state index contributed by atoms with van der Waals surface area (Å²) in [6.45, 7) is 5.15. The number of aryl methyl sites for hydroxylation is 1. The number of carbonyl (C=O) groups excluding carboxylic acids is 2. The lowest BCUT2D eigenvalue weighted by Gasteiger charge is -2.20. The van der Waals surface area contributed by atoms with Crippen molar-refractivity contribution in [1.29, 1.82) is 0 Å². The van der Waals surface area contributed by atoms with Crippen LogP contribution in [0.5, 0.6) is 5.75 Å². The van der Waals surface area contributed by atoms with Gasteiger partial charge in [-0.1, -0.05) is 12.8 Å². The Balaban J connectivity index is 1.60. The molecular formula is C20H24N2O3S. The lowest BCUT2D eigenvalue weighted by Crippen LogP contribution is -2.35. The van der Waals surface area contributed by atoms with E-state index in [1.807, 2.05) is 36.1 Å². The van der Waals surface area contributed by atoms with Gasteiger partial charge in [-0.05, 0) is 44.0 Å². The molecule has 26 heavy (non-hydrogen) atoms. The molecule has 1 fully saturated rings. The molecule has 0 saturated carbocycles. The number of ether oxygens (including phenoxy) is 1. The van der Waals surface area contributed by atoms with Gasteiger partial charge in [0.15, 0.2) is 12.4 Å². The van der Waals surface area contributed by atoms with E-state index in [0.29, 0.717) is 10.6 Å². The Morgan fingerprint density at radius 1 is 1.12 bits per heavy atom. The van der Waals surface area contributed by atoms with Gasteiger partial charge in [-0.25, -0.2) is 4.98 Å². The predicted octanol–water partition coefficient (Wildman–Crippen LogP) is 4.10. The first-order chi connectivity index (χ1) is 12.5. The van der Waals surface area contributed by atoms with Crippen molar-refractivity contribution < 1.29 is 14.3 Å². The average Bonchev–Trinajstić information content (AvgIpc) is 2.84. The Bertz CT molecular complexity index is 775. The van der Waals surface area contributed by atoms with Crippen LogP contribution in [-0.2, 0) is 4.79 Å². The molecule has 1 aromatic heterocycles. The number of thiazole rings is 1. The van der Waals surface area contributed by atoms with Crippen LogP contribution < -0.4 is 4.74 Å². The largest absolute Gasteiger partial charge is 0.484 e. The number of amides is 1. The summed E-state index contributed by atoms with van der Waals surface area (Å²) in [5.74, 6) is 0.757. The Morgan fingerprint density at radius 2 is 1.77 bits per heavy atom. The molecule has 5 nitrogen and oxygen atoms in total. The first kappa shape index (κ1) is 18.6. The van der Waals surface area contributed by atoms with Gasteiger partial charge in [0.25, 0.3) is 5.91 Å². The number of aromatic nitrogens is 1. The zero-order valence-corrected chi connectivity index (χ0v) is 16.1. The molecule has 138 valence electrons. The van der Waals surface area contributed by atoms with Gasteiger partial charge < -0.3 is 9.64 Å². The fourth-order valence-electron chi connectivity index (χ4n) is 3.10. The van der Waals surface area contributed by atoms with Gasteiger partial charge in [0.1, 0.15) is 10.8 Å². The maximum atomic E-state index is 12.3. The van der Waals surface area contributed by atoms with E-state index in [2.05, 4.69) is 4.98 Å². The molecule has 6 heteroatoms. The summed E-state index contributed by atoms with van der Waals surface area (Å²) in [5.41, 5.74) is 1.71. The third-order valence-corrected chi connectivity index (χ3v) is 5.85. The van der Waals surface area contributed by atoms with Gasteiger partial charge >= 0.3 is 0 Å². The molecule has 2 aromatic rings. The number of benzene rings is 1. The van der Waals surface area contributed by atoms with Crippen molar-refractivity contribution in [3.63, 3.8) is 0 Å². The Morgan fingerprint density at radius 3 is 2.35 bits per heavy atom. The van der Waals surface area contributed by atoms with Crippen LogP contribution in [0.15, 0.2) is 24.3 Å². The molecule has 0 spiro atoms. The van der Waals surface area contributed by atoms with Crippen LogP contribution in [0, 0.1) is 6.92 Å². The zero-order chi connectivity index (χ0) is 18.5. The minimum atomic E-state index is 0.0400. The smallest absolute Gasteiger partial charge is 0.260 e. The predicted molar refractivity (Wildman–Crippen MR) is 103 cm³/mol. The number of rotatable bonds is 5. The fourth-order valence-corrected chi connectivity index (χ4v) is 4.06. The van der Waals surface area contributed by atoms with Crippen molar-refractivity contribution >= 4 is 23.0 Å². The van der Waals surface area contributed by atoms with Crippen molar-refractivity contribution in [3.8, 4) is 16.3 Å². The number of Topliss-reactive ketones (excluding diaryl/α,β-unsaturated/α-hetero) is 1. The summed E-state index contributed by atoms with van der Waals surface area (Å²) in [6.07, 6.45) is 4.56. The van der Waals surface area contributed by atoms with E-state index >= 15 is 0 Å². The normalized spacial score (nSPS) is 14.8. The summed E-state index contributed by atoms with van der Waals surface area (Å²) in [5, 5.41) is 0.819. The summed E-state index contributed by atoms with van der Waals surface area (Å²) >= 11 is 1.40. The highest BCUT2D eigenvalue weighted by molar-refractivity contribution is 7.17. The summed E-state index contributed by atoms with van der Waals surface area (Å²) in [4.78, 5) is 30.9. The number of ketones is 1. The van der Waals surface area contributed by atoms with Gasteiger partial charge in [0.2, 0.25) is 0 Å². The molecular weight excluding hydrogens is 348 g/mol. The van der Waals surface area contributed by atoms with Crippen LogP contribution in [0.1, 0.15) is 48.0 Å². The summed E-state index contributed by atoms with van der Waals surface area (Å²) in [6, 6.07) is 7.51. The lowest BCUT2D eigenvalue weighted by molar-refractivity contribution is -0.133. The number of hydrogen-bond donors (Lipinski definition) is 0. The van der Waals surface area contributed by atoms with Crippen LogP contribution in [-0.4, -0.2) is 41.3 Å². The van der Waals surface area contributed by atoms with Crippen LogP contribution in [0.2, 0.25) is 0 Å². The monoisotopic (exact) mass is 372 g/mol. The Kier molecular flexibility index (Phi) is 6.04. The van der Waals surface area contributed by atoms with E-state index in [-0.39, 0.29) is 18.3 Å². The molecule has 1 aliphatic heterocycles. The van der Waals surface area contributed by atoms with Gasteiger partial charge in [-0.2, -0.15) is 0 Å². The molecule has 0 radical (unpaired) electrons. The highest BCUT2D eigenvalue weighted by Crippen LogP contribution is 2.29. The highest BCUT2D eigenvalue weighted by atomic mass is 32.1. The molecule has 1 aromatic carbocycles. The standard InChI is InChI=1S/C20H24N2O3S/c1-14-19(15(2)23)26-20(21-14)16-7-9-17(10-8-16)25-13-18(24)22-11-5-3-4-6-12-22/h7-10H,3-6,11-13H2,1-2H3. The maximum Gasteiger partial charge on any atom is 0.260 e. The Labute approximate surface area is 158 Å². The number of hydrogen-bond acceptors (Lipinski definition) is 5. The molecule has 0 aliphatic carbocycles. The number of nitrogens with zero attached hydrogens (tertiary/aromatic N) is 2. The third-order valence-electron chi connectivity index (χ3n) is 4.54. The van der Waals surface area contributed by atoms with E-state index in [1.54, 1.807) is 6.92 Å². The van der Waals surface area contributed by atoms with Gasteiger partial charge in [0, 0.05) is 25.6 Å². The van der Waals surface area contributed by atoms with Crippen molar-refractivity contribution in [1.82, 2.24) is 9.88 Å². The molecule has 1 saturated heterocycles. The fraction of sp³-hybridized carbons (Fsp3) is 0.450. The first-order valence-electron chi connectivity index (χ1n) is 9.04. The third kappa shape index (κ3) is 4.49. The van der Waals surface area contributed by atoms with Gasteiger partial charge in [-0.15, -0.1) is 11.3 Å². The summed E-state index contributed by atoms with van der Waals surface area (Å²) in [7, 11) is 0. The van der Waals surface area contributed by atoms with Gasteiger partial charge in [-0.3, -0.25) is 9.59 Å². The summed E-state index contributed by atoms with van der Waals surface area (Å²) < 4.78 is 5.66. The van der Waals surface area contributed by atoms with Crippen LogP contribution >= 0.6 is 11.3 Å². The van der Waals surface area contributed by atoms with Crippen molar-refractivity contribution in [2.45, 2.75) is 39.5 Å². The molecule has 1 aliphatic rings. The number of likely N-dealkylation sites (tertiary alicyclic amines) is 1. The molecule has 0 N–H and O–H groups in total. The minimum absolute atomic E-state index is 0.0400. The SMILES string of the molecule is CC(=O)c1sc(-c2ccc(OCC(=O)N3CCCCCC3)cc2)nc1C. The highest BCUT2D eigenvalue weighted by Gasteiger charge is 2.16. The molecule has 1 amide bonds. The second-order valence-electron chi connectivity index (χ2n) is 6.60. The number of carbonyl (C=O) groups is 2. The maximum absolute atomic E-state index is 12.3. The zero-order valence-electron chi connectivity index (χ0n) is 15.3. The molecule has 0 unspecified atom stereocenters. The topological polar surface area (TPSA) is 59.5 Å². The van der Waals surface area contributed by atoms with Crippen molar-refractivity contribution in [2.24, 2.45) is 0 Å². The van der Waals surface area contributed by atoms with Crippen molar-refractivity contribution in [3.05, 3.63) is 34.8 Å². The Hall–Kier alpha value is -2.21. The molecule has 3 rings (SSSR count). The lowest BCUT2D eigenvalue weighted by atomic mass is 10.2. The van der Waals surface area contributed by atoms with E-state index in [4.69, 9.17) is 4.74 Å². The second kappa shape index (κ2) is 8.45. The average molecular weight is 372 g/mol. The van der Waals surface area contributed by atoms with Gasteiger partial charge in [0.05, 0.1) is 10.6 Å². The molecule has 0 bridgehead atoms. The first-order valence-corrected chi connectivity index (χ1v) is 9.85. The second-order valence-corrected chi connectivity index (χ2v) is 7.60.